The Morgan fingerprint density at radius 3 is 1.28 bits per heavy atom. The van der Waals surface area contributed by atoms with E-state index in [2.05, 4.69) is 21.0 Å². The lowest BCUT2D eigenvalue weighted by Crippen LogP contribution is -3.00. The van der Waals surface area contributed by atoms with Gasteiger partial charge in [-0.1, -0.05) is 103 Å². The molecule has 0 atom stereocenters. The topological polar surface area (TPSA) is 18.5 Å². The third kappa shape index (κ3) is 25.0. The Bertz CT molecular complexity index is 355. The van der Waals surface area contributed by atoms with Crippen molar-refractivity contribution in [3.8, 4) is 0 Å². The largest absolute Gasteiger partial charge is 1.00 e. The van der Waals surface area contributed by atoms with Crippen LogP contribution < -0.4 is 12.4 Å². The van der Waals surface area contributed by atoms with E-state index in [-0.39, 0.29) is 18.3 Å². The molecule has 0 aromatic heterocycles. The molecule has 0 bridgehead atoms. The third-order valence-corrected chi connectivity index (χ3v) is 7.99. The van der Waals surface area contributed by atoms with E-state index in [0.29, 0.717) is 0 Å². The monoisotopic (exact) mass is 491 g/mol. The molecule has 0 saturated heterocycles. The molecule has 2 radical (unpaired) electrons. The molecule has 0 aliphatic heterocycles. The summed E-state index contributed by atoms with van der Waals surface area (Å²) in [5.41, 5.74) is 0. The summed E-state index contributed by atoms with van der Waals surface area (Å²) in [5, 5.41) is 0. The van der Waals surface area contributed by atoms with Crippen LogP contribution in [0.2, 0.25) is 6.04 Å². The van der Waals surface area contributed by atoms with E-state index < -0.39 is 0 Å². The van der Waals surface area contributed by atoms with Crippen molar-refractivity contribution in [1.29, 1.82) is 0 Å². The van der Waals surface area contributed by atoms with Gasteiger partial charge in [-0.2, -0.15) is 0 Å². The first-order chi connectivity index (χ1) is 15.1. The van der Waals surface area contributed by atoms with E-state index >= 15 is 0 Å². The Labute approximate surface area is 211 Å². The molecule has 0 aliphatic rings. The molecule has 3 nitrogen and oxygen atoms in total. The lowest BCUT2D eigenvalue weighted by Gasteiger charge is -2.30. The molecule has 194 valence electrons. The second-order valence-corrected chi connectivity index (χ2v) is 11.5. The zero-order chi connectivity index (χ0) is 23.0. The number of unbranched alkanes of at least 4 members (excludes halogenated alkanes) is 16. The number of ether oxygens (including phenoxy) is 2. The van der Waals surface area contributed by atoms with E-state index in [0.717, 1.165) is 9.52 Å². The number of halogens is 1. The van der Waals surface area contributed by atoms with Crippen molar-refractivity contribution in [2.75, 3.05) is 41.4 Å². The van der Waals surface area contributed by atoms with Gasteiger partial charge in [-0.3, -0.25) is 0 Å². The van der Waals surface area contributed by atoms with Gasteiger partial charge in [-0.25, -0.2) is 0 Å². The first-order valence-corrected chi connectivity index (χ1v) is 14.9. The Morgan fingerprint density at radius 1 is 0.562 bits per heavy atom. The third-order valence-electron chi connectivity index (χ3n) is 6.55. The van der Waals surface area contributed by atoms with Crippen molar-refractivity contribution in [1.82, 2.24) is 0 Å². The summed E-state index contributed by atoms with van der Waals surface area (Å²) in [7, 11) is 9.11. The van der Waals surface area contributed by atoms with Crippen molar-refractivity contribution < 1.29 is 26.4 Å². The van der Waals surface area contributed by atoms with Gasteiger partial charge in [0.05, 0.1) is 27.2 Å². The van der Waals surface area contributed by atoms with Crippen molar-refractivity contribution in [3.63, 3.8) is 0 Å². The zero-order valence-electron chi connectivity index (χ0n) is 22.6. The highest BCUT2D eigenvalue weighted by atomic mass is 35.5. The van der Waals surface area contributed by atoms with Crippen LogP contribution in [0.15, 0.2) is 0 Å². The van der Waals surface area contributed by atoms with Crippen LogP contribution >= 0.6 is 0 Å². The van der Waals surface area contributed by atoms with Crippen LogP contribution in [0.4, 0.5) is 0 Å². The highest BCUT2D eigenvalue weighted by molar-refractivity contribution is 6.36. The minimum absolute atomic E-state index is 0. The molecule has 0 aromatic carbocycles. The minimum Gasteiger partial charge on any atom is -1.00 e. The highest BCUT2D eigenvalue weighted by Crippen LogP contribution is 2.14. The second-order valence-electron chi connectivity index (χ2n) is 10.2. The van der Waals surface area contributed by atoms with Gasteiger partial charge >= 0.3 is 0 Å². The maximum absolute atomic E-state index is 5.25. The summed E-state index contributed by atoms with van der Waals surface area (Å²) >= 11 is 0. The van der Waals surface area contributed by atoms with Crippen LogP contribution in [-0.2, 0) is 9.47 Å². The molecule has 0 heterocycles. The highest BCUT2D eigenvalue weighted by Gasteiger charge is 2.13. The van der Waals surface area contributed by atoms with Gasteiger partial charge < -0.3 is 26.4 Å². The predicted octanol–water partition coefficient (Wildman–Crippen LogP) is 4.81. The number of hydrogen-bond donors (Lipinski definition) is 0. The van der Waals surface area contributed by atoms with Crippen molar-refractivity contribution in [3.05, 3.63) is 0 Å². The van der Waals surface area contributed by atoms with E-state index in [1.807, 2.05) is 0 Å². The number of nitrogens with zero attached hydrogens (tertiary/aromatic N) is 1. The Kier molecular flexibility index (Phi) is 28.1. The molecule has 5 heteroatoms. The van der Waals surface area contributed by atoms with Crippen LogP contribution in [-0.4, -0.2) is 61.3 Å². The van der Waals surface area contributed by atoms with Crippen LogP contribution in [0.3, 0.4) is 0 Å². The van der Waals surface area contributed by atoms with E-state index in [4.69, 9.17) is 9.47 Å². The van der Waals surface area contributed by atoms with Crippen LogP contribution in [0.5, 0.6) is 0 Å². The van der Waals surface area contributed by atoms with E-state index in [1.54, 1.807) is 14.2 Å². The quantitative estimate of drug-likeness (QED) is 0.0789. The van der Waals surface area contributed by atoms with E-state index in [9.17, 15) is 0 Å². The average molecular weight is 492 g/mol. The predicted molar refractivity (Wildman–Crippen MR) is 139 cm³/mol. The average Bonchev–Trinajstić information content (AvgIpc) is 2.76. The van der Waals surface area contributed by atoms with Crippen molar-refractivity contribution in [2.45, 2.75) is 134 Å². The molecule has 0 aliphatic carbocycles. The number of quaternary nitrogens is 1. The smallest absolute Gasteiger partial charge is 0.136 e. The molecule has 0 spiro atoms. The lowest BCUT2D eigenvalue weighted by molar-refractivity contribution is -0.890. The summed E-state index contributed by atoms with van der Waals surface area (Å²) in [6, 6.07) is 1.25. The van der Waals surface area contributed by atoms with Crippen molar-refractivity contribution in [2.24, 2.45) is 0 Å². The molecular weight excluding hydrogens is 434 g/mol. The van der Waals surface area contributed by atoms with Crippen LogP contribution in [0, 0.1) is 0 Å². The van der Waals surface area contributed by atoms with E-state index in [1.165, 1.54) is 139 Å². The molecule has 0 amide bonds. The molecule has 32 heavy (non-hydrogen) atoms. The molecule has 0 N–H and O–H groups in total. The van der Waals surface area contributed by atoms with Gasteiger partial charge in [0.2, 0.25) is 0 Å². The summed E-state index contributed by atoms with van der Waals surface area (Å²) in [5.74, 6) is 0.0186. The van der Waals surface area contributed by atoms with Gasteiger partial charge in [0.15, 0.2) is 0 Å². The van der Waals surface area contributed by atoms with Gasteiger partial charge in [-0.05, 0) is 25.7 Å². The molecule has 0 rings (SSSR count). The van der Waals surface area contributed by atoms with Gasteiger partial charge in [0.25, 0.3) is 0 Å². The number of hydrogen-bond acceptors (Lipinski definition) is 2. The zero-order valence-corrected chi connectivity index (χ0v) is 24.3. The summed E-state index contributed by atoms with van der Waals surface area (Å²) in [6.45, 7) is 5.01. The fourth-order valence-corrected chi connectivity index (χ4v) is 5.37. The first-order valence-electron chi connectivity index (χ1n) is 13.7. The summed E-state index contributed by atoms with van der Waals surface area (Å²) in [6.07, 6.45) is 25.6. The fraction of sp³-hybridized carbons (Fsp3) is 1.00. The standard InChI is InChI=1S/C27H58NO2Si.ClH/c1-6-7-8-9-10-11-12-13-14-15-18-21-24-28(2,3)25-22-19-16-17-20-23-26-31-27(29-4)30-5;/h27H,6-26H2,1-5H3;1H/q+1;/p-1. The maximum Gasteiger partial charge on any atom is 0.136 e. The number of rotatable bonds is 25. The Balaban J connectivity index is 0. The van der Waals surface area contributed by atoms with Gasteiger partial charge in [0, 0.05) is 14.2 Å². The second kappa shape index (κ2) is 26.0. The van der Waals surface area contributed by atoms with Gasteiger partial charge in [-0.15, -0.1) is 0 Å². The minimum atomic E-state index is 0. The molecule has 0 fully saturated rings. The normalized spacial score (nSPS) is 11.8. The molecular formula is C27H58ClNO2Si. The molecule has 0 unspecified atom stereocenters. The fourth-order valence-electron chi connectivity index (χ4n) is 4.35. The van der Waals surface area contributed by atoms with Gasteiger partial charge in [0.1, 0.15) is 15.4 Å². The Hall–Kier alpha value is 0.387. The molecule has 0 saturated carbocycles. The summed E-state index contributed by atoms with van der Waals surface area (Å²) in [4.78, 5) is 0. The lowest BCUT2D eigenvalue weighted by atomic mass is 10.1. The van der Waals surface area contributed by atoms with Crippen LogP contribution in [0.1, 0.15) is 122 Å². The summed E-state index contributed by atoms with van der Waals surface area (Å²) < 4.78 is 11.7. The molecule has 0 aromatic rings. The van der Waals surface area contributed by atoms with Crippen molar-refractivity contribution >= 4 is 9.52 Å². The Morgan fingerprint density at radius 2 is 0.906 bits per heavy atom. The maximum atomic E-state index is 5.25. The first kappa shape index (κ1) is 34.6. The SMILES string of the molecule is CCCCCCCCCCCCCC[N+](C)(C)CCCCCCCC[Si]C(OC)OC.[Cl-]. The number of methoxy groups -OCH3 is 2. The van der Waals surface area contributed by atoms with Crippen LogP contribution in [0.25, 0.3) is 0 Å².